The molecule has 0 spiro atoms. The lowest BCUT2D eigenvalue weighted by Gasteiger charge is -2.18. The summed E-state index contributed by atoms with van der Waals surface area (Å²) in [5, 5.41) is 37.1. The summed E-state index contributed by atoms with van der Waals surface area (Å²) in [7, 11) is 0. The van der Waals surface area contributed by atoms with Crippen LogP contribution in [0.25, 0.3) is 0 Å². The Labute approximate surface area is 102 Å². The van der Waals surface area contributed by atoms with Crippen molar-refractivity contribution >= 4 is 5.97 Å². The molecular weight excluding hydrogens is 244 g/mol. The van der Waals surface area contributed by atoms with E-state index in [1.807, 2.05) is 0 Å². The van der Waals surface area contributed by atoms with Gasteiger partial charge in [-0.2, -0.15) is 0 Å². The smallest absolute Gasteiger partial charge is 0.311 e. The third kappa shape index (κ3) is 2.23. The molecule has 2 heterocycles. The Morgan fingerprint density at radius 2 is 2.17 bits per heavy atom. The van der Waals surface area contributed by atoms with Crippen LogP contribution in [0.15, 0.2) is 12.4 Å². The number of hydrogen-bond donors (Lipinski definition) is 4. The first-order valence-electron chi connectivity index (χ1n) is 5.40. The molecule has 1 aliphatic heterocycles. The summed E-state index contributed by atoms with van der Waals surface area (Å²) in [5.74, 6) is -0.855. The second kappa shape index (κ2) is 5.02. The lowest BCUT2D eigenvalue weighted by atomic mass is 10.1. The first-order chi connectivity index (χ1) is 8.54. The van der Waals surface area contributed by atoms with E-state index in [2.05, 4.69) is 4.98 Å². The molecule has 2 rings (SSSR count). The van der Waals surface area contributed by atoms with Crippen LogP contribution < -0.4 is 0 Å². The lowest BCUT2D eigenvalue weighted by Crippen LogP contribution is -2.33. The number of carboxylic acids is 1. The van der Waals surface area contributed by atoms with Crippen LogP contribution in [0, 0.1) is 0 Å². The number of ether oxygens (including phenoxy) is 1. The molecule has 0 amide bonds. The molecule has 18 heavy (non-hydrogen) atoms. The predicted octanol–water partition coefficient (Wildman–Crippen LogP) is -1.88. The number of aromatic nitrogens is 2. The fraction of sp³-hybridized carbons (Fsp3) is 0.600. The monoisotopic (exact) mass is 258 g/mol. The van der Waals surface area contributed by atoms with Gasteiger partial charge in [-0.15, -0.1) is 0 Å². The summed E-state index contributed by atoms with van der Waals surface area (Å²) >= 11 is 0. The first-order valence-corrected chi connectivity index (χ1v) is 5.40. The van der Waals surface area contributed by atoms with Gasteiger partial charge in [0.2, 0.25) is 0 Å². The minimum atomic E-state index is -1.25. The van der Waals surface area contributed by atoms with Gasteiger partial charge in [0.15, 0.2) is 6.23 Å². The van der Waals surface area contributed by atoms with Crippen molar-refractivity contribution in [3.05, 3.63) is 18.2 Å². The standard InChI is InChI=1S/C10H14N2O6/c13-4-5-8(16)9(17)10(18-5)12-2-1-11-6(12)3-7(14)15/h1-2,5,8-10,13,16-17H,3-4H2,(H,14,15)/t5-,8-,9-,10?/m1/s1. The number of hydrogen-bond acceptors (Lipinski definition) is 6. The molecule has 8 heteroatoms. The van der Waals surface area contributed by atoms with Crippen molar-refractivity contribution in [1.29, 1.82) is 0 Å². The number of aliphatic carboxylic acids is 1. The van der Waals surface area contributed by atoms with Crippen molar-refractivity contribution in [1.82, 2.24) is 9.55 Å². The van der Waals surface area contributed by atoms with Gasteiger partial charge in [-0.05, 0) is 0 Å². The molecule has 0 radical (unpaired) electrons. The van der Waals surface area contributed by atoms with Crippen LogP contribution in [0.1, 0.15) is 12.1 Å². The van der Waals surface area contributed by atoms with Gasteiger partial charge >= 0.3 is 5.97 Å². The number of carboxylic acid groups (broad SMARTS) is 1. The Bertz CT molecular complexity index is 434. The average molecular weight is 258 g/mol. The van der Waals surface area contributed by atoms with Crippen LogP contribution in [0.5, 0.6) is 0 Å². The fourth-order valence-corrected chi connectivity index (χ4v) is 1.96. The van der Waals surface area contributed by atoms with Crippen molar-refractivity contribution < 1.29 is 30.0 Å². The second-order valence-corrected chi connectivity index (χ2v) is 4.05. The number of imidazole rings is 1. The second-order valence-electron chi connectivity index (χ2n) is 4.05. The van der Waals surface area contributed by atoms with E-state index in [4.69, 9.17) is 14.9 Å². The van der Waals surface area contributed by atoms with Crippen molar-refractivity contribution in [2.24, 2.45) is 0 Å². The third-order valence-corrected chi connectivity index (χ3v) is 2.85. The molecule has 100 valence electrons. The summed E-state index contributed by atoms with van der Waals surface area (Å²) < 4.78 is 6.63. The van der Waals surface area contributed by atoms with Crippen LogP contribution in [-0.2, 0) is 16.0 Å². The van der Waals surface area contributed by atoms with Crippen molar-refractivity contribution in [3.8, 4) is 0 Å². The minimum Gasteiger partial charge on any atom is -0.481 e. The van der Waals surface area contributed by atoms with E-state index >= 15 is 0 Å². The van der Waals surface area contributed by atoms with E-state index in [1.54, 1.807) is 0 Å². The van der Waals surface area contributed by atoms with E-state index in [0.29, 0.717) is 0 Å². The van der Waals surface area contributed by atoms with Crippen LogP contribution in [0.2, 0.25) is 0 Å². The maximum atomic E-state index is 10.7. The van der Waals surface area contributed by atoms with E-state index in [9.17, 15) is 15.0 Å². The molecule has 0 aliphatic carbocycles. The molecule has 0 aromatic carbocycles. The number of carbonyl (C=O) groups is 1. The zero-order chi connectivity index (χ0) is 13.3. The Balaban J connectivity index is 2.22. The SMILES string of the molecule is O=C(O)Cc1nccn1C1O[C@H](CO)[C@@H](O)[C@H]1O. The normalized spacial score (nSPS) is 31.7. The van der Waals surface area contributed by atoms with E-state index < -0.39 is 37.1 Å². The summed E-state index contributed by atoms with van der Waals surface area (Å²) in [5.41, 5.74) is 0. The van der Waals surface area contributed by atoms with E-state index in [0.717, 1.165) is 0 Å². The fourth-order valence-electron chi connectivity index (χ4n) is 1.96. The van der Waals surface area contributed by atoms with Gasteiger partial charge in [-0.1, -0.05) is 0 Å². The maximum absolute atomic E-state index is 10.7. The minimum absolute atomic E-state index is 0.206. The Kier molecular flexibility index (Phi) is 3.62. The van der Waals surface area contributed by atoms with E-state index in [1.165, 1.54) is 17.0 Å². The molecule has 4 N–H and O–H groups in total. The predicted molar refractivity (Wildman–Crippen MR) is 56.6 cm³/mol. The molecule has 1 aromatic rings. The van der Waals surface area contributed by atoms with Gasteiger partial charge in [-0.3, -0.25) is 4.79 Å². The molecule has 4 atom stereocenters. The van der Waals surface area contributed by atoms with Crippen molar-refractivity contribution in [2.45, 2.75) is 31.0 Å². The van der Waals surface area contributed by atoms with Gasteiger partial charge in [0.1, 0.15) is 30.6 Å². The van der Waals surface area contributed by atoms with Crippen molar-refractivity contribution in [2.75, 3.05) is 6.61 Å². The molecule has 0 saturated carbocycles. The topological polar surface area (TPSA) is 125 Å². The highest BCUT2D eigenvalue weighted by atomic mass is 16.6. The number of aliphatic hydroxyl groups is 3. The van der Waals surface area contributed by atoms with Gasteiger partial charge < -0.3 is 29.7 Å². The van der Waals surface area contributed by atoms with Crippen molar-refractivity contribution in [3.63, 3.8) is 0 Å². The average Bonchev–Trinajstić information content (AvgIpc) is 2.86. The van der Waals surface area contributed by atoms with Crippen LogP contribution in [0.4, 0.5) is 0 Å². The summed E-state index contributed by atoms with van der Waals surface area (Å²) in [6, 6.07) is 0. The lowest BCUT2D eigenvalue weighted by molar-refractivity contribution is -0.136. The molecule has 1 aliphatic rings. The van der Waals surface area contributed by atoms with Crippen LogP contribution in [0.3, 0.4) is 0 Å². The number of aliphatic hydroxyl groups excluding tert-OH is 3. The van der Waals surface area contributed by atoms with Gasteiger partial charge in [0.25, 0.3) is 0 Å². The highest BCUT2D eigenvalue weighted by Gasteiger charge is 2.43. The van der Waals surface area contributed by atoms with Crippen LogP contribution in [-0.4, -0.2) is 60.9 Å². The zero-order valence-electron chi connectivity index (χ0n) is 9.38. The Hall–Kier alpha value is -1.48. The molecule has 1 fully saturated rings. The number of nitrogens with zero attached hydrogens (tertiary/aromatic N) is 2. The molecule has 8 nitrogen and oxygen atoms in total. The first kappa shape index (κ1) is 13.0. The molecule has 1 saturated heterocycles. The molecular formula is C10H14N2O6. The third-order valence-electron chi connectivity index (χ3n) is 2.85. The largest absolute Gasteiger partial charge is 0.481 e. The molecule has 0 bridgehead atoms. The summed E-state index contributed by atoms with van der Waals surface area (Å²) in [6.45, 7) is -0.433. The molecule has 1 aromatic heterocycles. The van der Waals surface area contributed by atoms with Gasteiger partial charge in [-0.25, -0.2) is 4.98 Å². The Morgan fingerprint density at radius 1 is 1.44 bits per heavy atom. The van der Waals surface area contributed by atoms with Crippen LogP contribution >= 0.6 is 0 Å². The quantitative estimate of drug-likeness (QED) is 0.498. The zero-order valence-corrected chi connectivity index (χ0v) is 9.38. The number of rotatable bonds is 4. The maximum Gasteiger partial charge on any atom is 0.311 e. The van der Waals surface area contributed by atoms with Gasteiger partial charge in [0.05, 0.1) is 6.61 Å². The van der Waals surface area contributed by atoms with Gasteiger partial charge in [0, 0.05) is 12.4 Å². The molecule has 1 unspecified atom stereocenters. The highest BCUT2D eigenvalue weighted by Crippen LogP contribution is 2.30. The van der Waals surface area contributed by atoms with E-state index in [-0.39, 0.29) is 12.2 Å². The highest BCUT2D eigenvalue weighted by molar-refractivity contribution is 5.69. The Morgan fingerprint density at radius 3 is 2.72 bits per heavy atom. The summed E-state index contributed by atoms with van der Waals surface area (Å²) in [4.78, 5) is 14.5. The summed E-state index contributed by atoms with van der Waals surface area (Å²) in [6.07, 6.45) is -1.80.